The number of hydrogen-bond donors (Lipinski definition) is 1. The largest absolute Gasteiger partial charge is 0.460 e. The number of nitrogens with zero attached hydrogens (tertiary/aromatic N) is 1. The second kappa shape index (κ2) is 13.0. The van der Waals surface area contributed by atoms with Crippen molar-refractivity contribution < 1.29 is 22.7 Å². The standard InChI is InChI=1S/C26H42N2O5S/c1-19(2)17-23(24(29)27-28(18-20(3)4)34(8,31)32)22(25(30)33-26(5,6)7)16-12-15-21-13-10-9-11-14-21/h9-15,19-20,22-23H,16-18H2,1-8H3,(H,27,29)/t22-,23+/m0/s1. The molecule has 1 aromatic carbocycles. The summed E-state index contributed by atoms with van der Waals surface area (Å²) in [5.74, 6) is -2.37. The fraction of sp³-hybridized carbons (Fsp3) is 0.615. The first-order chi connectivity index (χ1) is 15.6. The molecule has 0 saturated heterocycles. The molecule has 0 saturated carbocycles. The summed E-state index contributed by atoms with van der Waals surface area (Å²) in [4.78, 5) is 26.6. The van der Waals surface area contributed by atoms with Crippen molar-refractivity contribution >= 4 is 28.0 Å². The second-order valence-electron chi connectivity index (χ2n) is 10.6. The summed E-state index contributed by atoms with van der Waals surface area (Å²) in [5.41, 5.74) is 2.84. The zero-order chi connectivity index (χ0) is 26.1. The van der Waals surface area contributed by atoms with E-state index >= 15 is 0 Å². The number of carbonyl (C=O) groups is 2. The number of amides is 1. The molecule has 8 heteroatoms. The molecule has 0 heterocycles. The van der Waals surface area contributed by atoms with Crippen molar-refractivity contribution in [2.75, 3.05) is 12.8 Å². The topological polar surface area (TPSA) is 92.8 Å². The molecule has 0 aliphatic heterocycles. The van der Waals surface area contributed by atoms with Gasteiger partial charge in [0, 0.05) is 6.54 Å². The summed E-state index contributed by atoms with van der Waals surface area (Å²) in [6, 6.07) is 9.68. The van der Waals surface area contributed by atoms with E-state index in [9.17, 15) is 18.0 Å². The van der Waals surface area contributed by atoms with Crippen LogP contribution in [0.1, 0.15) is 66.9 Å². The molecule has 0 unspecified atom stereocenters. The van der Waals surface area contributed by atoms with E-state index in [0.717, 1.165) is 16.2 Å². The summed E-state index contributed by atoms with van der Waals surface area (Å²) in [7, 11) is -3.67. The highest BCUT2D eigenvalue weighted by molar-refractivity contribution is 7.88. The first kappa shape index (κ1) is 29.8. The van der Waals surface area contributed by atoms with Crippen LogP contribution in [0.25, 0.3) is 6.08 Å². The maximum Gasteiger partial charge on any atom is 0.310 e. The molecule has 0 aliphatic rings. The highest BCUT2D eigenvalue weighted by atomic mass is 32.2. The number of sulfonamides is 1. The van der Waals surface area contributed by atoms with Crippen LogP contribution in [0.15, 0.2) is 36.4 Å². The van der Waals surface area contributed by atoms with Gasteiger partial charge in [0.1, 0.15) is 5.60 Å². The smallest absolute Gasteiger partial charge is 0.310 e. The number of hydrazine groups is 1. The van der Waals surface area contributed by atoms with Gasteiger partial charge in [-0.2, -0.15) is 0 Å². The number of allylic oxidation sites excluding steroid dienone is 1. The van der Waals surface area contributed by atoms with Crippen LogP contribution in [-0.2, 0) is 24.3 Å². The lowest BCUT2D eigenvalue weighted by Gasteiger charge is -2.31. The Bertz CT molecular complexity index is 918. The minimum atomic E-state index is -3.67. The van der Waals surface area contributed by atoms with Gasteiger partial charge >= 0.3 is 5.97 Å². The van der Waals surface area contributed by atoms with Gasteiger partial charge in [0.05, 0.1) is 18.1 Å². The monoisotopic (exact) mass is 494 g/mol. The van der Waals surface area contributed by atoms with Crippen LogP contribution in [0, 0.1) is 23.7 Å². The third kappa shape index (κ3) is 11.3. The lowest BCUT2D eigenvalue weighted by atomic mass is 9.82. The maximum atomic E-state index is 13.4. The van der Waals surface area contributed by atoms with Crippen LogP contribution >= 0.6 is 0 Å². The molecular formula is C26H42N2O5S. The van der Waals surface area contributed by atoms with E-state index in [1.54, 1.807) is 20.8 Å². The van der Waals surface area contributed by atoms with Crippen LogP contribution in [0.4, 0.5) is 0 Å². The fourth-order valence-corrected chi connectivity index (χ4v) is 4.31. The SMILES string of the molecule is CC(C)C[C@@H](C(=O)NN(CC(C)C)S(C)(=O)=O)[C@H](CC=Cc1ccccc1)C(=O)OC(C)(C)C. The average Bonchev–Trinajstić information content (AvgIpc) is 2.67. The van der Waals surface area contributed by atoms with Gasteiger partial charge in [-0.05, 0) is 51.0 Å². The molecule has 192 valence electrons. The minimum Gasteiger partial charge on any atom is -0.460 e. The first-order valence-electron chi connectivity index (χ1n) is 11.8. The molecule has 1 amide bonds. The molecule has 0 aliphatic carbocycles. The van der Waals surface area contributed by atoms with E-state index in [1.165, 1.54) is 0 Å². The Balaban J connectivity index is 3.29. The Morgan fingerprint density at radius 1 is 1.03 bits per heavy atom. The van der Waals surface area contributed by atoms with Gasteiger partial charge in [0.15, 0.2) is 0 Å². The summed E-state index contributed by atoms with van der Waals surface area (Å²) < 4.78 is 31.2. The van der Waals surface area contributed by atoms with E-state index in [1.807, 2.05) is 70.2 Å². The number of rotatable bonds is 12. The van der Waals surface area contributed by atoms with E-state index in [2.05, 4.69) is 5.43 Å². The fourth-order valence-electron chi connectivity index (χ4n) is 3.48. The van der Waals surface area contributed by atoms with Crippen molar-refractivity contribution in [3.8, 4) is 0 Å². The number of carbonyl (C=O) groups excluding carboxylic acids is 2. The Labute approximate surface area is 206 Å². The van der Waals surface area contributed by atoms with E-state index in [0.29, 0.717) is 6.42 Å². The predicted molar refractivity (Wildman–Crippen MR) is 137 cm³/mol. The number of nitrogens with one attached hydrogen (secondary N) is 1. The van der Waals surface area contributed by atoms with Crippen LogP contribution in [-0.4, -0.2) is 43.1 Å². The third-order valence-corrected chi connectivity index (χ3v) is 5.96. The van der Waals surface area contributed by atoms with Crippen LogP contribution in [0.3, 0.4) is 0 Å². The molecule has 1 N–H and O–H groups in total. The van der Waals surface area contributed by atoms with Crippen LogP contribution in [0.5, 0.6) is 0 Å². The Morgan fingerprint density at radius 3 is 2.09 bits per heavy atom. The van der Waals surface area contributed by atoms with E-state index in [4.69, 9.17) is 4.74 Å². The Kier molecular flexibility index (Phi) is 11.5. The van der Waals surface area contributed by atoms with Crippen LogP contribution < -0.4 is 5.43 Å². The molecule has 0 fully saturated rings. The van der Waals surface area contributed by atoms with Gasteiger partial charge in [0.2, 0.25) is 15.9 Å². The van der Waals surface area contributed by atoms with Gasteiger partial charge in [-0.15, -0.1) is 4.41 Å². The lowest BCUT2D eigenvalue weighted by Crippen LogP contribution is -2.51. The molecule has 2 atom stereocenters. The van der Waals surface area contributed by atoms with Gasteiger partial charge < -0.3 is 4.74 Å². The molecule has 0 spiro atoms. The van der Waals surface area contributed by atoms with Gasteiger partial charge in [-0.1, -0.05) is 70.2 Å². The van der Waals surface area contributed by atoms with Gasteiger partial charge in [0.25, 0.3) is 0 Å². The highest BCUT2D eigenvalue weighted by Gasteiger charge is 2.37. The molecule has 0 bridgehead atoms. The average molecular weight is 495 g/mol. The minimum absolute atomic E-state index is 0.00836. The second-order valence-corrected chi connectivity index (χ2v) is 12.5. The van der Waals surface area contributed by atoms with Crippen molar-refractivity contribution in [3.63, 3.8) is 0 Å². The number of hydrogen-bond acceptors (Lipinski definition) is 5. The zero-order valence-electron chi connectivity index (χ0n) is 21.9. The molecule has 34 heavy (non-hydrogen) atoms. The predicted octanol–water partition coefficient (Wildman–Crippen LogP) is 4.66. The number of ether oxygens (including phenoxy) is 1. The van der Waals surface area contributed by atoms with Crippen molar-refractivity contribution in [1.82, 2.24) is 9.84 Å². The summed E-state index contributed by atoms with van der Waals surface area (Å²) in [6.07, 6.45) is 5.53. The molecule has 0 aromatic heterocycles. The Morgan fingerprint density at radius 2 is 1.62 bits per heavy atom. The van der Waals surface area contributed by atoms with Crippen molar-refractivity contribution in [2.45, 2.75) is 66.9 Å². The quantitative estimate of drug-likeness (QED) is 0.337. The first-order valence-corrected chi connectivity index (χ1v) is 13.7. The summed E-state index contributed by atoms with van der Waals surface area (Å²) in [6.45, 7) is 13.2. The highest BCUT2D eigenvalue weighted by Crippen LogP contribution is 2.28. The normalized spacial score (nSPS) is 14.6. The molecule has 7 nitrogen and oxygen atoms in total. The van der Waals surface area contributed by atoms with Gasteiger partial charge in [-0.25, -0.2) is 8.42 Å². The Hall–Kier alpha value is -2.19. The molecule has 1 aromatic rings. The number of benzene rings is 1. The van der Waals surface area contributed by atoms with Crippen LogP contribution in [0.2, 0.25) is 0 Å². The molecule has 1 rings (SSSR count). The van der Waals surface area contributed by atoms with Crippen molar-refractivity contribution in [2.24, 2.45) is 23.7 Å². The maximum absolute atomic E-state index is 13.4. The summed E-state index contributed by atoms with van der Waals surface area (Å²) >= 11 is 0. The molecule has 0 radical (unpaired) electrons. The zero-order valence-corrected chi connectivity index (χ0v) is 22.7. The lowest BCUT2D eigenvalue weighted by molar-refractivity contribution is -0.164. The van der Waals surface area contributed by atoms with E-state index < -0.39 is 39.3 Å². The number of esters is 1. The molecular weight excluding hydrogens is 452 g/mol. The third-order valence-electron chi connectivity index (χ3n) is 4.92. The van der Waals surface area contributed by atoms with E-state index in [-0.39, 0.29) is 24.8 Å². The van der Waals surface area contributed by atoms with Crippen molar-refractivity contribution in [1.29, 1.82) is 0 Å². The van der Waals surface area contributed by atoms with Gasteiger partial charge in [-0.3, -0.25) is 15.0 Å². The summed E-state index contributed by atoms with van der Waals surface area (Å²) in [5, 5.41) is 0. The van der Waals surface area contributed by atoms with Crippen molar-refractivity contribution in [3.05, 3.63) is 42.0 Å².